The Kier molecular flexibility index (Phi) is 5.00. The molecule has 4 aromatic carbocycles. The highest BCUT2D eigenvalue weighted by Gasteiger charge is 2.34. The normalized spacial score (nSPS) is 14.8. The maximum absolute atomic E-state index is 13.8. The number of ether oxygens (including phenoxy) is 2. The van der Waals surface area contributed by atoms with Gasteiger partial charge in [0.05, 0.1) is 11.3 Å². The van der Waals surface area contributed by atoms with Crippen LogP contribution in [0, 0.1) is 0 Å². The molecule has 0 radical (unpaired) electrons. The van der Waals surface area contributed by atoms with Gasteiger partial charge in [0, 0.05) is 35.6 Å². The molecule has 2 heterocycles. The number of benzene rings is 4. The SMILES string of the molecule is CN(C)CCN1C(=O)c2cccc3cc4cccc(N=Cc5ccc6c(c5)OCO6)c4c(c23)C1=O. The fourth-order valence-electron chi connectivity index (χ4n) is 4.73. The molecule has 0 saturated carbocycles. The number of hydrogen-bond acceptors (Lipinski definition) is 6. The lowest BCUT2D eigenvalue weighted by Gasteiger charge is -2.29. The Morgan fingerprint density at radius 3 is 2.51 bits per heavy atom. The molecule has 35 heavy (non-hydrogen) atoms. The van der Waals surface area contributed by atoms with Gasteiger partial charge in [-0.2, -0.15) is 0 Å². The standard InChI is InChI=1S/C28H23N3O4/c1-30(2)11-12-31-27(32)20-7-3-5-18-14-19-6-4-8-21(25(19)26(24(18)20)28(31)33)29-15-17-9-10-22-23(13-17)35-16-34-22/h3-10,13-15H,11-12,16H2,1-2H3. The summed E-state index contributed by atoms with van der Waals surface area (Å²) in [6.45, 7) is 1.12. The number of hydrogen-bond donors (Lipinski definition) is 0. The van der Waals surface area contributed by atoms with Crippen LogP contribution in [-0.4, -0.2) is 61.8 Å². The minimum atomic E-state index is -0.281. The van der Waals surface area contributed by atoms with Crippen molar-refractivity contribution in [1.82, 2.24) is 9.80 Å². The summed E-state index contributed by atoms with van der Waals surface area (Å²) < 4.78 is 10.9. The van der Waals surface area contributed by atoms with Crippen LogP contribution in [0.2, 0.25) is 0 Å². The maximum Gasteiger partial charge on any atom is 0.262 e. The van der Waals surface area contributed by atoms with Crippen molar-refractivity contribution < 1.29 is 19.1 Å². The van der Waals surface area contributed by atoms with E-state index in [9.17, 15) is 9.59 Å². The van der Waals surface area contributed by atoms with Gasteiger partial charge in [0.1, 0.15) is 0 Å². The lowest BCUT2D eigenvalue weighted by atomic mass is 9.89. The number of rotatable bonds is 5. The van der Waals surface area contributed by atoms with Crippen LogP contribution in [0.1, 0.15) is 26.3 Å². The molecule has 7 heteroatoms. The highest BCUT2D eigenvalue weighted by Crippen LogP contribution is 2.40. The molecule has 7 nitrogen and oxygen atoms in total. The second-order valence-corrected chi connectivity index (χ2v) is 8.97. The molecule has 4 aromatic rings. The Hall–Kier alpha value is -4.23. The van der Waals surface area contributed by atoms with Crippen LogP contribution in [0.3, 0.4) is 0 Å². The number of aliphatic imine (C=N–C) groups is 1. The number of fused-ring (bicyclic) bond motifs is 3. The molecule has 0 N–H and O–H groups in total. The van der Waals surface area contributed by atoms with Crippen molar-refractivity contribution in [2.24, 2.45) is 4.99 Å². The number of carbonyl (C=O) groups excluding carboxylic acids is 2. The van der Waals surface area contributed by atoms with Gasteiger partial charge in [0.2, 0.25) is 6.79 Å². The number of likely N-dealkylation sites (N-methyl/N-ethyl adjacent to an activating group) is 1. The highest BCUT2D eigenvalue weighted by atomic mass is 16.7. The zero-order chi connectivity index (χ0) is 24.1. The third-order valence-electron chi connectivity index (χ3n) is 6.44. The summed E-state index contributed by atoms with van der Waals surface area (Å²) in [4.78, 5) is 35.2. The summed E-state index contributed by atoms with van der Waals surface area (Å²) in [5.41, 5.74) is 2.61. The van der Waals surface area contributed by atoms with E-state index in [1.807, 2.05) is 73.6 Å². The van der Waals surface area contributed by atoms with E-state index in [2.05, 4.69) is 0 Å². The summed E-state index contributed by atoms with van der Waals surface area (Å²) in [6.07, 6.45) is 1.75. The largest absolute Gasteiger partial charge is 0.454 e. The van der Waals surface area contributed by atoms with Crippen molar-refractivity contribution in [1.29, 1.82) is 0 Å². The van der Waals surface area contributed by atoms with Gasteiger partial charge in [-0.1, -0.05) is 24.3 Å². The Labute approximate surface area is 202 Å². The third-order valence-corrected chi connectivity index (χ3v) is 6.44. The van der Waals surface area contributed by atoms with E-state index in [1.165, 1.54) is 4.90 Å². The summed E-state index contributed by atoms with van der Waals surface area (Å²) in [7, 11) is 3.85. The fraction of sp³-hybridized carbons (Fsp3) is 0.179. The van der Waals surface area contributed by atoms with E-state index < -0.39 is 0 Å². The molecule has 2 aliphatic rings. The molecule has 174 valence electrons. The summed E-state index contributed by atoms with van der Waals surface area (Å²) >= 11 is 0. The first-order valence-electron chi connectivity index (χ1n) is 11.4. The lowest BCUT2D eigenvalue weighted by molar-refractivity contribution is 0.0602. The Balaban J connectivity index is 1.53. The van der Waals surface area contributed by atoms with Gasteiger partial charge in [-0.3, -0.25) is 19.5 Å². The monoisotopic (exact) mass is 465 g/mol. The summed E-state index contributed by atoms with van der Waals surface area (Å²) in [5.74, 6) is 0.860. The van der Waals surface area contributed by atoms with Crippen molar-refractivity contribution in [3.05, 3.63) is 77.4 Å². The second-order valence-electron chi connectivity index (χ2n) is 8.97. The van der Waals surface area contributed by atoms with Crippen molar-refractivity contribution >= 4 is 45.3 Å². The predicted octanol–water partition coefficient (Wildman–Crippen LogP) is 4.63. The smallest absolute Gasteiger partial charge is 0.262 e. The lowest BCUT2D eigenvalue weighted by Crippen LogP contribution is -2.43. The fourth-order valence-corrected chi connectivity index (χ4v) is 4.73. The summed E-state index contributed by atoms with van der Waals surface area (Å²) in [5, 5.41) is 3.22. The van der Waals surface area contributed by atoms with Crippen LogP contribution in [0.5, 0.6) is 11.5 Å². The Morgan fingerprint density at radius 2 is 1.69 bits per heavy atom. The van der Waals surface area contributed by atoms with Gasteiger partial charge in [-0.05, 0) is 66.8 Å². The molecule has 6 rings (SSSR count). The molecular weight excluding hydrogens is 442 g/mol. The average Bonchev–Trinajstić information content (AvgIpc) is 3.32. The predicted molar refractivity (Wildman–Crippen MR) is 135 cm³/mol. The zero-order valence-corrected chi connectivity index (χ0v) is 19.4. The molecule has 0 unspecified atom stereocenters. The van der Waals surface area contributed by atoms with E-state index in [1.54, 1.807) is 12.3 Å². The first kappa shape index (κ1) is 21.3. The van der Waals surface area contributed by atoms with Crippen LogP contribution in [0.15, 0.2) is 65.7 Å². The summed E-state index contributed by atoms with van der Waals surface area (Å²) in [6, 6.07) is 19.1. The van der Waals surface area contributed by atoms with Crippen LogP contribution in [-0.2, 0) is 0 Å². The van der Waals surface area contributed by atoms with Gasteiger partial charge < -0.3 is 14.4 Å². The molecular formula is C28H23N3O4. The third kappa shape index (κ3) is 3.52. The van der Waals surface area contributed by atoms with E-state index in [-0.39, 0.29) is 18.6 Å². The molecule has 0 bridgehead atoms. The minimum absolute atomic E-state index is 0.211. The van der Waals surface area contributed by atoms with Crippen LogP contribution >= 0.6 is 0 Å². The van der Waals surface area contributed by atoms with Crippen molar-refractivity contribution in [2.75, 3.05) is 34.0 Å². The molecule has 0 atom stereocenters. The first-order valence-corrected chi connectivity index (χ1v) is 11.4. The molecule has 0 aromatic heterocycles. The number of imide groups is 1. The van der Waals surface area contributed by atoms with E-state index >= 15 is 0 Å². The molecule has 0 saturated heterocycles. The molecule has 0 spiro atoms. The molecule has 0 fully saturated rings. The van der Waals surface area contributed by atoms with Crippen molar-refractivity contribution in [3.8, 4) is 11.5 Å². The van der Waals surface area contributed by atoms with Crippen LogP contribution < -0.4 is 9.47 Å². The number of carbonyl (C=O) groups is 2. The highest BCUT2D eigenvalue weighted by molar-refractivity contribution is 6.31. The van der Waals surface area contributed by atoms with E-state index in [0.717, 1.165) is 21.7 Å². The van der Waals surface area contributed by atoms with E-state index in [0.29, 0.717) is 46.8 Å². The Morgan fingerprint density at radius 1 is 0.914 bits per heavy atom. The van der Waals surface area contributed by atoms with Crippen LogP contribution in [0.4, 0.5) is 5.69 Å². The average molecular weight is 466 g/mol. The first-order chi connectivity index (χ1) is 17.0. The van der Waals surface area contributed by atoms with Crippen LogP contribution in [0.25, 0.3) is 21.5 Å². The maximum atomic E-state index is 13.8. The van der Waals surface area contributed by atoms with E-state index in [4.69, 9.17) is 14.5 Å². The number of amides is 2. The van der Waals surface area contributed by atoms with Crippen molar-refractivity contribution in [3.63, 3.8) is 0 Å². The van der Waals surface area contributed by atoms with Gasteiger partial charge in [0.15, 0.2) is 11.5 Å². The van der Waals surface area contributed by atoms with Gasteiger partial charge in [0.25, 0.3) is 11.8 Å². The quantitative estimate of drug-likeness (QED) is 0.244. The van der Waals surface area contributed by atoms with Gasteiger partial charge in [-0.15, -0.1) is 0 Å². The molecule has 0 aliphatic carbocycles. The molecule has 2 amide bonds. The second kappa shape index (κ2) is 8.21. The minimum Gasteiger partial charge on any atom is -0.454 e. The van der Waals surface area contributed by atoms with Gasteiger partial charge >= 0.3 is 0 Å². The molecule has 2 aliphatic heterocycles. The van der Waals surface area contributed by atoms with Crippen molar-refractivity contribution in [2.45, 2.75) is 0 Å². The topological polar surface area (TPSA) is 71.4 Å². The number of nitrogens with zero attached hydrogens (tertiary/aromatic N) is 3. The van der Waals surface area contributed by atoms with Gasteiger partial charge in [-0.25, -0.2) is 0 Å². The zero-order valence-electron chi connectivity index (χ0n) is 19.4. The Bertz CT molecular complexity index is 1560.